The number of halogens is 1. The number of amides is 5. The predicted molar refractivity (Wildman–Crippen MR) is 114 cm³/mol. The third-order valence-electron chi connectivity index (χ3n) is 6.32. The molecular weight excluding hydrogens is 415 g/mol. The van der Waals surface area contributed by atoms with Gasteiger partial charge in [-0.15, -0.1) is 0 Å². The zero-order valence-corrected chi connectivity index (χ0v) is 17.4. The number of anilines is 2. The molecule has 9 heteroatoms. The smallest absolute Gasteiger partial charge is 0.322 e. The van der Waals surface area contributed by atoms with Crippen molar-refractivity contribution in [2.24, 2.45) is 0 Å². The van der Waals surface area contributed by atoms with Crippen molar-refractivity contribution in [3.8, 4) is 0 Å². The van der Waals surface area contributed by atoms with Gasteiger partial charge in [0, 0.05) is 29.3 Å². The summed E-state index contributed by atoms with van der Waals surface area (Å²) in [5, 5.41) is 4.86. The van der Waals surface area contributed by atoms with Crippen molar-refractivity contribution in [2.45, 2.75) is 44.8 Å². The number of hydrogen-bond acceptors (Lipinski definition) is 4. The number of nitrogens with zero attached hydrogens (tertiary/aromatic N) is 2. The summed E-state index contributed by atoms with van der Waals surface area (Å²) in [7, 11) is 0. The number of hydrogen-bond donors (Lipinski definition) is 2. The van der Waals surface area contributed by atoms with Crippen LogP contribution in [0.15, 0.2) is 36.4 Å². The molecule has 5 amide bonds. The van der Waals surface area contributed by atoms with Gasteiger partial charge in [0.2, 0.25) is 11.8 Å². The Balaban J connectivity index is 1.38. The molecule has 2 aromatic rings. The summed E-state index contributed by atoms with van der Waals surface area (Å²) in [5.74, 6) is -2.10. The van der Waals surface area contributed by atoms with Gasteiger partial charge in [-0.05, 0) is 43.5 Å². The molecule has 2 N–H and O–H groups in total. The first-order chi connectivity index (χ1) is 15.3. The third-order valence-corrected chi connectivity index (χ3v) is 6.32. The SMILES string of the molecule is C[C@@H]1Cc2ccccc2N1C(=O)Nc1ccc2c(c1F)CN(C1CCC(=O)NC1=O)C2=O. The topological polar surface area (TPSA) is 98.8 Å². The van der Waals surface area contributed by atoms with Gasteiger partial charge in [-0.25, -0.2) is 9.18 Å². The molecule has 0 aromatic heterocycles. The van der Waals surface area contributed by atoms with E-state index in [0.717, 1.165) is 11.3 Å². The average Bonchev–Trinajstić information content (AvgIpc) is 3.27. The van der Waals surface area contributed by atoms with E-state index in [1.807, 2.05) is 31.2 Å². The van der Waals surface area contributed by atoms with E-state index in [0.29, 0.717) is 6.42 Å². The van der Waals surface area contributed by atoms with E-state index in [1.165, 1.54) is 17.0 Å². The first-order valence-corrected chi connectivity index (χ1v) is 10.5. The van der Waals surface area contributed by atoms with Crippen LogP contribution in [0.4, 0.5) is 20.6 Å². The molecule has 164 valence electrons. The third kappa shape index (κ3) is 3.12. The molecule has 2 atom stereocenters. The zero-order valence-electron chi connectivity index (χ0n) is 17.4. The summed E-state index contributed by atoms with van der Waals surface area (Å²) in [6.07, 6.45) is 1.03. The highest BCUT2D eigenvalue weighted by Crippen LogP contribution is 2.35. The van der Waals surface area contributed by atoms with Gasteiger partial charge in [0.1, 0.15) is 6.04 Å². The van der Waals surface area contributed by atoms with E-state index >= 15 is 4.39 Å². The molecule has 0 spiro atoms. The molecule has 0 saturated carbocycles. The Morgan fingerprint density at radius 2 is 1.94 bits per heavy atom. The van der Waals surface area contributed by atoms with Crippen LogP contribution in [0, 0.1) is 5.82 Å². The summed E-state index contributed by atoms with van der Waals surface area (Å²) < 4.78 is 15.3. The second-order valence-corrected chi connectivity index (χ2v) is 8.34. The molecule has 1 unspecified atom stereocenters. The fraction of sp³-hybridized carbons (Fsp3) is 0.304. The van der Waals surface area contributed by atoms with Crippen LogP contribution in [-0.4, -0.2) is 40.7 Å². The molecule has 0 radical (unpaired) electrons. The van der Waals surface area contributed by atoms with E-state index in [2.05, 4.69) is 10.6 Å². The minimum absolute atomic E-state index is 0.0248. The summed E-state index contributed by atoms with van der Waals surface area (Å²) >= 11 is 0. The molecule has 3 aliphatic rings. The van der Waals surface area contributed by atoms with Gasteiger partial charge < -0.3 is 10.2 Å². The second-order valence-electron chi connectivity index (χ2n) is 8.34. The Kier molecular flexibility index (Phi) is 4.69. The number of urea groups is 1. The number of benzene rings is 2. The fourth-order valence-corrected chi connectivity index (χ4v) is 4.75. The molecule has 3 heterocycles. The van der Waals surface area contributed by atoms with Crippen molar-refractivity contribution in [3.63, 3.8) is 0 Å². The van der Waals surface area contributed by atoms with Crippen LogP contribution < -0.4 is 15.5 Å². The average molecular weight is 436 g/mol. The van der Waals surface area contributed by atoms with E-state index < -0.39 is 29.7 Å². The number of carbonyl (C=O) groups excluding carboxylic acids is 4. The predicted octanol–water partition coefficient (Wildman–Crippen LogP) is 2.57. The maximum absolute atomic E-state index is 15.3. The van der Waals surface area contributed by atoms with Gasteiger partial charge in [-0.2, -0.15) is 0 Å². The maximum Gasteiger partial charge on any atom is 0.326 e. The molecule has 0 bridgehead atoms. The zero-order chi connectivity index (χ0) is 22.6. The molecule has 32 heavy (non-hydrogen) atoms. The minimum Gasteiger partial charge on any atom is -0.322 e. The van der Waals surface area contributed by atoms with Crippen LogP contribution in [0.2, 0.25) is 0 Å². The summed E-state index contributed by atoms with van der Waals surface area (Å²) in [5.41, 5.74) is 2.11. The standard InChI is InChI=1S/C23H21FN4O4/c1-12-10-13-4-2-3-5-17(13)28(12)23(32)25-16-7-6-14-15(20(16)24)11-27(22(14)31)18-8-9-19(29)26-21(18)30/h2-7,12,18H,8-11H2,1H3,(H,25,32)(H,26,29,30)/t12-,18?/m1/s1. The first-order valence-electron chi connectivity index (χ1n) is 10.5. The largest absolute Gasteiger partial charge is 0.326 e. The van der Waals surface area contributed by atoms with E-state index in [-0.39, 0.29) is 48.1 Å². The van der Waals surface area contributed by atoms with Crippen LogP contribution in [0.5, 0.6) is 0 Å². The lowest BCUT2D eigenvalue weighted by molar-refractivity contribution is -0.136. The molecular formula is C23H21FN4O4. The monoisotopic (exact) mass is 436 g/mol. The van der Waals surface area contributed by atoms with Crippen LogP contribution in [0.1, 0.15) is 41.3 Å². The van der Waals surface area contributed by atoms with E-state index in [9.17, 15) is 19.2 Å². The Labute approximate surface area is 183 Å². The lowest BCUT2D eigenvalue weighted by Gasteiger charge is -2.29. The normalized spacial score (nSPS) is 22.0. The van der Waals surface area contributed by atoms with Crippen LogP contribution in [0.25, 0.3) is 0 Å². The van der Waals surface area contributed by atoms with Gasteiger partial charge in [0.25, 0.3) is 5.91 Å². The van der Waals surface area contributed by atoms with Crippen LogP contribution in [0.3, 0.4) is 0 Å². The Morgan fingerprint density at radius 1 is 1.16 bits per heavy atom. The minimum atomic E-state index is -0.827. The summed E-state index contributed by atoms with van der Waals surface area (Å²) in [4.78, 5) is 52.2. The van der Waals surface area contributed by atoms with E-state index in [4.69, 9.17) is 0 Å². The number of nitrogens with one attached hydrogen (secondary N) is 2. The lowest BCUT2D eigenvalue weighted by Crippen LogP contribution is -2.52. The number of piperidine rings is 1. The highest BCUT2D eigenvalue weighted by Gasteiger charge is 2.41. The van der Waals surface area contributed by atoms with Gasteiger partial charge in [0.05, 0.1) is 12.2 Å². The Morgan fingerprint density at radius 3 is 2.72 bits per heavy atom. The van der Waals surface area contributed by atoms with Crippen molar-refractivity contribution in [1.29, 1.82) is 0 Å². The first kappa shape index (κ1) is 20.2. The summed E-state index contributed by atoms with van der Waals surface area (Å²) in [6.45, 7) is 1.83. The number of para-hydroxylation sites is 1. The van der Waals surface area contributed by atoms with E-state index in [1.54, 1.807) is 4.90 Å². The number of carbonyl (C=O) groups is 4. The van der Waals surface area contributed by atoms with Gasteiger partial charge in [-0.1, -0.05) is 18.2 Å². The molecule has 1 fully saturated rings. The Hall–Kier alpha value is -3.75. The lowest BCUT2D eigenvalue weighted by atomic mass is 10.0. The van der Waals surface area contributed by atoms with Crippen molar-refractivity contribution >= 4 is 35.1 Å². The maximum atomic E-state index is 15.3. The van der Waals surface area contributed by atoms with Crippen molar-refractivity contribution in [1.82, 2.24) is 10.2 Å². The van der Waals surface area contributed by atoms with Crippen LogP contribution >= 0.6 is 0 Å². The molecule has 3 aliphatic heterocycles. The molecule has 5 rings (SSSR count). The number of imide groups is 1. The van der Waals surface area contributed by atoms with Crippen molar-refractivity contribution in [2.75, 3.05) is 10.2 Å². The molecule has 2 aromatic carbocycles. The van der Waals surface area contributed by atoms with Gasteiger partial charge in [-0.3, -0.25) is 24.6 Å². The van der Waals surface area contributed by atoms with Crippen molar-refractivity contribution in [3.05, 3.63) is 58.9 Å². The number of rotatable bonds is 2. The molecule has 8 nitrogen and oxygen atoms in total. The second kappa shape index (κ2) is 7.44. The van der Waals surface area contributed by atoms with Gasteiger partial charge >= 0.3 is 6.03 Å². The highest BCUT2D eigenvalue weighted by atomic mass is 19.1. The molecule has 1 saturated heterocycles. The Bertz CT molecular complexity index is 1180. The fourth-order valence-electron chi connectivity index (χ4n) is 4.75. The number of fused-ring (bicyclic) bond motifs is 2. The highest BCUT2D eigenvalue weighted by molar-refractivity contribution is 6.07. The van der Waals surface area contributed by atoms with Crippen molar-refractivity contribution < 1.29 is 23.6 Å². The van der Waals surface area contributed by atoms with Crippen LogP contribution in [-0.2, 0) is 22.6 Å². The summed E-state index contributed by atoms with van der Waals surface area (Å²) in [6, 6.07) is 9.06. The van der Waals surface area contributed by atoms with Gasteiger partial charge in [0.15, 0.2) is 5.82 Å². The quantitative estimate of drug-likeness (QED) is 0.707. The molecule has 0 aliphatic carbocycles.